The Bertz CT molecular complexity index is 283. The van der Waals surface area contributed by atoms with E-state index in [-0.39, 0.29) is 0 Å². The number of fused-ring (bicyclic) bond motifs is 1. The summed E-state index contributed by atoms with van der Waals surface area (Å²) in [6, 6.07) is 3.71. The van der Waals surface area contributed by atoms with Crippen molar-refractivity contribution in [1.29, 1.82) is 0 Å². The second kappa shape index (κ2) is 3.24. The lowest BCUT2D eigenvalue weighted by atomic mass is 10.2. The highest BCUT2D eigenvalue weighted by Gasteiger charge is 2.12. The first kappa shape index (κ1) is 8.35. The molecule has 2 nitrogen and oxygen atoms in total. The molecule has 0 bridgehead atoms. The van der Waals surface area contributed by atoms with Crippen molar-refractivity contribution in [2.45, 2.75) is 6.61 Å². The standard InChI is InChI=1S/C8H6BrClO2/c9-6-2-8-5(1-7(6)10)3-11-4-12-8/h1-2H,3-4H2. The molecule has 0 saturated carbocycles. The molecule has 0 atom stereocenters. The Labute approximate surface area is 83.6 Å². The van der Waals surface area contributed by atoms with Crippen molar-refractivity contribution < 1.29 is 9.47 Å². The number of benzene rings is 1. The van der Waals surface area contributed by atoms with Gasteiger partial charge in [0.25, 0.3) is 0 Å². The molecule has 64 valence electrons. The first-order valence-corrected chi connectivity index (χ1v) is 4.63. The van der Waals surface area contributed by atoms with Gasteiger partial charge in [-0.3, -0.25) is 0 Å². The highest BCUT2D eigenvalue weighted by atomic mass is 79.9. The van der Waals surface area contributed by atoms with Crippen LogP contribution in [-0.2, 0) is 11.3 Å². The van der Waals surface area contributed by atoms with E-state index in [1.807, 2.05) is 12.1 Å². The molecule has 4 heteroatoms. The number of halogens is 2. The van der Waals surface area contributed by atoms with Crippen LogP contribution < -0.4 is 4.74 Å². The molecular weight excluding hydrogens is 243 g/mol. The van der Waals surface area contributed by atoms with Gasteiger partial charge in [-0.05, 0) is 28.1 Å². The van der Waals surface area contributed by atoms with Crippen LogP contribution in [0.5, 0.6) is 5.75 Å². The van der Waals surface area contributed by atoms with Gasteiger partial charge < -0.3 is 9.47 Å². The first-order chi connectivity index (χ1) is 5.77. The monoisotopic (exact) mass is 248 g/mol. The first-order valence-electron chi connectivity index (χ1n) is 3.46. The zero-order chi connectivity index (χ0) is 8.55. The molecule has 1 aromatic carbocycles. The minimum atomic E-state index is 0.321. The summed E-state index contributed by atoms with van der Waals surface area (Å²) in [5, 5.41) is 0.683. The van der Waals surface area contributed by atoms with Crippen LogP contribution in [0.2, 0.25) is 5.02 Å². The molecule has 1 aromatic rings. The van der Waals surface area contributed by atoms with Gasteiger partial charge in [0.1, 0.15) is 5.75 Å². The van der Waals surface area contributed by atoms with Crippen molar-refractivity contribution in [3.8, 4) is 5.75 Å². The van der Waals surface area contributed by atoms with Gasteiger partial charge in [-0.15, -0.1) is 0 Å². The largest absolute Gasteiger partial charge is 0.467 e. The molecule has 0 aliphatic carbocycles. The average Bonchev–Trinajstić information content (AvgIpc) is 2.07. The second-order valence-electron chi connectivity index (χ2n) is 2.48. The third-order valence-corrected chi connectivity index (χ3v) is 2.86. The van der Waals surface area contributed by atoms with Crippen molar-refractivity contribution in [3.05, 3.63) is 27.2 Å². The van der Waals surface area contributed by atoms with Gasteiger partial charge >= 0.3 is 0 Å². The Morgan fingerprint density at radius 3 is 3.08 bits per heavy atom. The maximum Gasteiger partial charge on any atom is 0.189 e. The molecule has 0 saturated heterocycles. The van der Waals surface area contributed by atoms with Crippen LogP contribution in [0, 0.1) is 0 Å². The van der Waals surface area contributed by atoms with Crippen molar-refractivity contribution in [2.24, 2.45) is 0 Å². The van der Waals surface area contributed by atoms with Crippen LogP contribution >= 0.6 is 27.5 Å². The number of ether oxygens (including phenoxy) is 2. The highest BCUT2D eigenvalue weighted by Crippen LogP contribution is 2.32. The lowest BCUT2D eigenvalue weighted by Gasteiger charge is -2.17. The Balaban J connectivity index is 2.49. The van der Waals surface area contributed by atoms with E-state index in [0.717, 1.165) is 15.8 Å². The molecule has 0 amide bonds. The molecule has 0 N–H and O–H groups in total. The summed E-state index contributed by atoms with van der Waals surface area (Å²) in [6.45, 7) is 0.892. The van der Waals surface area contributed by atoms with Gasteiger partial charge in [0.15, 0.2) is 6.79 Å². The lowest BCUT2D eigenvalue weighted by Crippen LogP contribution is -2.10. The van der Waals surface area contributed by atoms with E-state index in [2.05, 4.69) is 15.9 Å². The van der Waals surface area contributed by atoms with Gasteiger partial charge in [0.05, 0.1) is 11.6 Å². The molecule has 0 fully saturated rings. The van der Waals surface area contributed by atoms with Gasteiger partial charge in [-0.1, -0.05) is 11.6 Å². The van der Waals surface area contributed by atoms with Gasteiger partial charge in [-0.25, -0.2) is 0 Å². The summed E-state index contributed by atoms with van der Waals surface area (Å²) < 4.78 is 11.2. The summed E-state index contributed by atoms with van der Waals surface area (Å²) in [5.74, 6) is 0.845. The Hall–Kier alpha value is -0.250. The summed E-state index contributed by atoms with van der Waals surface area (Å²) in [7, 11) is 0. The van der Waals surface area contributed by atoms with E-state index < -0.39 is 0 Å². The Morgan fingerprint density at radius 1 is 1.42 bits per heavy atom. The summed E-state index contributed by atoms with van der Waals surface area (Å²) in [6.07, 6.45) is 0. The van der Waals surface area contributed by atoms with Crippen molar-refractivity contribution in [2.75, 3.05) is 6.79 Å². The molecule has 1 aliphatic rings. The second-order valence-corrected chi connectivity index (χ2v) is 3.75. The molecule has 0 aromatic heterocycles. The Kier molecular flexibility index (Phi) is 2.26. The van der Waals surface area contributed by atoms with Crippen LogP contribution in [0.15, 0.2) is 16.6 Å². The molecular formula is C8H6BrClO2. The predicted octanol–water partition coefficient (Wildman–Crippen LogP) is 2.97. The molecule has 0 radical (unpaired) electrons. The molecule has 2 rings (SSSR count). The van der Waals surface area contributed by atoms with E-state index in [1.54, 1.807) is 0 Å². The van der Waals surface area contributed by atoms with Crippen LogP contribution in [0.1, 0.15) is 5.56 Å². The van der Waals surface area contributed by atoms with E-state index in [1.165, 1.54) is 0 Å². The van der Waals surface area contributed by atoms with Gasteiger partial charge in [-0.2, -0.15) is 0 Å². The van der Waals surface area contributed by atoms with Crippen LogP contribution in [0.4, 0.5) is 0 Å². The predicted molar refractivity (Wildman–Crippen MR) is 49.4 cm³/mol. The van der Waals surface area contributed by atoms with Crippen molar-refractivity contribution in [1.82, 2.24) is 0 Å². The molecule has 0 spiro atoms. The zero-order valence-electron chi connectivity index (χ0n) is 6.14. The summed E-state index contributed by atoms with van der Waals surface area (Å²) in [5.41, 5.74) is 0.995. The molecule has 1 heterocycles. The number of hydrogen-bond acceptors (Lipinski definition) is 2. The third kappa shape index (κ3) is 1.44. The van der Waals surface area contributed by atoms with Crippen LogP contribution in [-0.4, -0.2) is 6.79 Å². The van der Waals surface area contributed by atoms with E-state index in [4.69, 9.17) is 21.1 Å². The average molecular weight is 249 g/mol. The topological polar surface area (TPSA) is 18.5 Å². The number of hydrogen-bond donors (Lipinski definition) is 0. The minimum Gasteiger partial charge on any atom is -0.467 e. The molecule has 1 aliphatic heterocycles. The fourth-order valence-corrected chi connectivity index (χ4v) is 1.58. The fourth-order valence-electron chi connectivity index (χ4n) is 1.07. The molecule has 12 heavy (non-hydrogen) atoms. The van der Waals surface area contributed by atoms with Crippen molar-refractivity contribution in [3.63, 3.8) is 0 Å². The Morgan fingerprint density at radius 2 is 2.25 bits per heavy atom. The maximum atomic E-state index is 5.89. The van der Waals surface area contributed by atoms with Gasteiger partial charge in [0.2, 0.25) is 0 Å². The quantitative estimate of drug-likeness (QED) is 0.704. The van der Waals surface area contributed by atoms with E-state index in [9.17, 15) is 0 Å². The van der Waals surface area contributed by atoms with Gasteiger partial charge in [0, 0.05) is 10.0 Å². The fraction of sp³-hybridized carbons (Fsp3) is 0.250. The van der Waals surface area contributed by atoms with E-state index >= 15 is 0 Å². The third-order valence-electron chi connectivity index (χ3n) is 1.66. The smallest absolute Gasteiger partial charge is 0.189 e. The van der Waals surface area contributed by atoms with E-state index in [0.29, 0.717) is 18.4 Å². The summed E-state index contributed by atoms with van der Waals surface area (Å²) in [4.78, 5) is 0. The normalized spacial score (nSPS) is 15.2. The van der Waals surface area contributed by atoms with Crippen molar-refractivity contribution >= 4 is 27.5 Å². The minimum absolute atomic E-state index is 0.321. The van der Waals surface area contributed by atoms with Crippen LogP contribution in [0.25, 0.3) is 0 Å². The van der Waals surface area contributed by atoms with Crippen LogP contribution in [0.3, 0.4) is 0 Å². The highest BCUT2D eigenvalue weighted by molar-refractivity contribution is 9.10. The summed E-state index contributed by atoms with van der Waals surface area (Å²) >= 11 is 9.21. The maximum absolute atomic E-state index is 5.89. The zero-order valence-corrected chi connectivity index (χ0v) is 8.48. The SMILES string of the molecule is Clc1cc2c(cc1Br)OCOC2. The number of rotatable bonds is 0. The lowest BCUT2D eigenvalue weighted by molar-refractivity contribution is -0.0164. The molecule has 0 unspecified atom stereocenters.